The topological polar surface area (TPSA) is 47.3 Å². The molecule has 35 heavy (non-hydrogen) atoms. The summed E-state index contributed by atoms with van der Waals surface area (Å²) in [6.45, 7) is 2.06. The molecule has 4 aromatic carbocycles. The number of aromatic nitrogens is 1. The van der Waals surface area contributed by atoms with Crippen LogP contribution in [-0.2, 0) is 0 Å². The van der Waals surface area contributed by atoms with Gasteiger partial charge in [0.2, 0.25) is 5.89 Å². The lowest BCUT2D eigenvalue weighted by molar-refractivity contribution is 0.456. The number of rotatable bonds is 5. The predicted octanol–water partition coefficient (Wildman–Crippen LogP) is 8.30. The first-order valence-electron chi connectivity index (χ1n) is 12.2. The molecule has 0 saturated heterocycles. The molecule has 0 amide bonds. The molecule has 0 fully saturated rings. The zero-order chi connectivity index (χ0) is 24.5. The van der Waals surface area contributed by atoms with Crippen LogP contribution in [0.4, 0.5) is 5.69 Å². The van der Waals surface area contributed by atoms with Crippen LogP contribution in [0.15, 0.2) is 119 Å². The number of ether oxygens (including phenoxy) is 1. The summed E-state index contributed by atoms with van der Waals surface area (Å²) in [6, 6.07) is 32.3. The largest absolute Gasteiger partial charge is 0.439 e. The molecular weight excluding hydrogens is 432 g/mol. The van der Waals surface area contributed by atoms with E-state index in [1.54, 1.807) is 0 Å². The van der Waals surface area contributed by atoms with Crippen LogP contribution >= 0.6 is 0 Å². The third-order valence-electron chi connectivity index (χ3n) is 6.05. The van der Waals surface area contributed by atoms with E-state index in [1.807, 2.05) is 84.9 Å². The Morgan fingerprint density at radius 1 is 0.857 bits per heavy atom. The second-order valence-electron chi connectivity index (χ2n) is 8.42. The molecule has 1 N–H and O–H groups in total. The molecule has 0 radical (unpaired) electrons. The zero-order valence-corrected chi connectivity index (χ0v) is 19.3. The lowest BCUT2D eigenvalue weighted by Crippen LogP contribution is -1.97. The highest BCUT2D eigenvalue weighted by molar-refractivity contribution is 5.81. The number of anilines is 1. The van der Waals surface area contributed by atoms with Crippen LogP contribution < -0.4 is 10.0 Å². The molecule has 2 heterocycles. The van der Waals surface area contributed by atoms with Crippen molar-refractivity contribution in [3.63, 3.8) is 0 Å². The molecule has 0 spiro atoms. The van der Waals surface area contributed by atoms with Gasteiger partial charge in [0, 0.05) is 12.2 Å². The van der Waals surface area contributed by atoms with Crippen molar-refractivity contribution in [1.82, 2.24) is 4.98 Å². The number of oxazole rings is 1. The maximum absolute atomic E-state index is 8.56. The Hall–Kier alpha value is -4.57. The Balaban J connectivity index is 1.28. The Morgan fingerprint density at radius 2 is 1.54 bits per heavy atom. The summed E-state index contributed by atoms with van der Waals surface area (Å²) in [5, 5.41) is 1.33. The van der Waals surface area contributed by atoms with Gasteiger partial charge in [0.25, 0.3) is 0 Å². The minimum Gasteiger partial charge on any atom is -0.439 e. The fourth-order valence-corrected chi connectivity index (χ4v) is 4.19. The smallest absolute Gasteiger partial charge is 0.220 e. The molecule has 0 aliphatic carbocycles. The fourth-order valence-electron chi connectivity index (χ4n) is 4.19. The van der Waals surface area contributed by atoms with E-state index in [-0.39, 0.29) is 0 Å². The quantitative estimate of drug-likeness (QED) is 0.288. The van der Waals surface area contributed by atoms with Crippen LogP contribution in [0.5, 0.6) is 5.75 Å². The molecular formula is C31H24N2O2. The van der Waals surface area contributed by atoms with Crippen molar-refractivity contribution in [2.75, 3.05) is 5.31 Å². The summed E-state index contributed by atoms with van der Waals surface area (Å²) in [5.74, 6) is 1.65. The fraction of sp³-hybridized carbons (Fsp3) is 0.0645. The lowest BCUT2D eigenvalue weighted by atomic mass is 10.1. The van der Waals surface area contributed by atoms with E-state index in [2.05, 4.69) is 31.2 Å². The highest BCUT2D eigenvalue weighted by atomic mass is 16.5. The number of nitrogens with zero attached hydrogens (tertiary/aromatic N) is 1. The molecule has 0 unspecified atom stereocenters. The molecule has 0 atom stereocenters. The van der Waals surface area contributed by atoms with E-state index in [0.717, 1.165) is 45.3 Å². The first-order valence-corrected chi connectivity index (χ1v) is 11.7. The zero-order valence-electron chi connectivity index (χ0n) is 20.3. The molecule has 0 saturated carbocycles. The Bertz CT molecular complexity index is 1600. The molecule has 170 valence electrons. The van der Waals surface area contributed by atoms with Gasteiger partial charge in [0.05, 0.1) is 5.69 Å². The van der Waals surface area contributed by atoms with Crippen LogP contribution in [-0.4, -0.2) is 4.98 Å². The summed E-state index contributed by atoms with van der Waals surface area (Å²) in [5.41, 5.74) is 7.62. The van der Waals surface area contributed by atoms with Crippen molar-refractivity contribution in [1.29, 1.82) is 0 Å². The molecule has 1 aliphatic rings. The molecule has 1 aliphatic heterocycles. The van der Waals surface area contributed by atoms with E-state index in [0.29, 0.717) is 23.2 Å². The van der Waals surface area contributed by atoms with Crippen LogP contribution in [0.1, 0.15) is 19.2 Å². The molecule has 0 bridgehead atoms. The van der Waals surface area contributed by atoms with Gasteiger partial charge < -0.3 is 14.5 Å². The number of nitrogens with one attached hydrogen (secondary N) is 1. The van der Waals surface area contributed by atoms with Crippen molar-refractivity contribution in [2.24, 2.45) is 0 Å². The van der Waals surface area contributed by atoms with Gasteiger partial charge in [-0.3, -0.25) is 0 Å². The van der Waals surface area contributed by atoms with Gasteiger partial charge in [0.1, 0.15) is 5.52 Å². The minimum absolute atomic E-state index is 0.450. The number of allylic oxidation sites excluding steroid dienone is 2. The second kappa shape index (κ2) is 8.99. The minimum atomic E-state index is 0.450. The molecule has 6 rings (SSSR count). The second-order valence-corrected chi connectivity index (χ2v) is 8.42. The Kier molecular flexibility index (Phi) is 5.10. The highest BCUT2D eigenvalue weighted by Crippen LogP contribution is 2.37. The van der Waals surface area contributed by atoms with Gasteiger partial charge in [-0.05, 0) is 58.5 Å². The standard InChI is InChI=1S/C31H24N2O2/c1-2-21(17-30-32-26-15-13-25(20-29(26)35-30)23-11-7-4-8-12-23)18-31-33-27-19-24(14-16-28(27)34-31)22-9-5-3-6-10-22/h3-20,32H,2H2,1H3/b21-18+,30-17+/i/hD. The predicted molar refractivity (Wildman–Crippen MR) is 142 cm³/mol. The summed E-state index contributed by atoms with van der Waals surface area (Å²) in [6.07, 6.45) is 4.52. The van der Waals surface area contributed by atoms with Gasteiger partial charge in [-0.25, -0.2) is 4.98 Å². The summed E-state index contributed by atoms with van der Waals surface area (Å²) < 4.78 is 20.6. The average molecular weight is 458 g/mol. The van der Waals surface area contributed by atoms with Crippen molar-refractivity contribution in [2.45, 2.75) is 13.3 Å². The lowest BCUT2D eigenvalue weighted by Gasteiger charge is -2.03. The van der Waals surface area contributed by atoms with Crippen LogP contribution in [0.2, 0.25) is 1.41 Å². The number of fused-ring (bicyclic) bond motifs is 2. The van der Waals surface area contributed by atoms with Gasteiger partial charge in [0.15, 0.2) is 18.6 Å². The van der Waals surface area contributed by atoms with Gasteiger partial charge in [-0.2, -0.15) is 0 Å². The van der Waals surface area contributed by atoms with Crippen LogP contribution in [0.25, 0.3) is 39.4 Å². The van der Waals surface area contributed by atoms with Crippen molar-refractivity contribution in [3.05, 3.63) is 120 Å². The average Bonchev–Trinajstić information content (AvgIpc) is 3.48. The first kappa shape index (κ1) is 19.9. The third-order valence-corrected chi connectivity index (χ3v) is 6.05. The van der Waals surface area contributed by atoms with Crippen molar-refractivity contribution < 1.29 is 10.6 Å². The summed E-state index contributed by atoms with van der Waals surface area (Å²) in [7, 11) is 0. The summed E-state index contributed by atoms with van der Waals surface area (Å²) >= 11 is 0. The number of hydrogen-bond donors (Lipinski definition) is 1. The maximum Gasteiger partial charge on any atom is 0.220 e. The SMILES string of the molecule is [2H]N1/C(=C\C(=C\c2nc3cc(-c4ccccc4)ccc3o2)CC)Oc2cc(-c3ccccc3)ccc21. The van der Waals surface area contributed by atoms with Crippen molar-refractivity contribution in [3.8, 4) is 28.0 Å². The third kappa shape index (κ3) is 4.34. The molecule has 5 aromatic rings. The highest BCUT2D eigenvalue weighted by Gasteiger charge is 2.18. The van der Waals surface area contributed by atoms with E-state index in [1.165, 1.54) is 5.31 Å². The number of benzene rings is 4. The van der Waals surface area contributed by atoms with Gasteiger partial charge in [-0.1, -0.05) is 79.7 Å². The van der Waals surface area contributed by atoms with Crippen LogP contribution in [0, 0.1) is 0 Å². The van der Waals surface area contributed by atoms with Gasteiger partial charge in [-0.15, -0.1) is 0 Å². The van der Waals surface area contributed by atoms with E-state index in [4.69, 9.17) is 15.5 Å². The maximum atomic E-state index is 8.56. The molecule has 4 nitrogen and oxygen atoms in total. The Morgan fingerprint density at radius 3 is 2.26 bits per heavy atom. The van der Waals surface area contributed by atoms with E-state index < -0.39 is 0 Å². The van der Waals surface area contributed by atoms with Gasteiger partial charge >= 0.3 is 0 Å². The summed E-state index contributed by atoms with van der Waals surface area (Å²) in [4.78, 5) is 4.69. The molecule has 4 heteroatoms. The monoisotopic (exact) mass is 457 g/mol. The normalized spacial score (nSPS) is 14.8. The molecule has 1 aromatic heterocycles. The number of hydrogen-bond acceptors (Lipinski definition) is 4. The van der Waals surface area contributed by atoms with Crippen molar-refractivity contribution >= 4 is 22.9 Å². The first-order chi connectivity index (χ1) is 17.7. The van der Waals surface area contributed by atoms with Crippen LogP contribution in [0.3, 0.4) is 0 Å². The Labute approximate surface area is 205 Å². The van der Waals surface area contributed by atoms with E-state index in [9.17, 15) is 0 Å². The van der Waals surface area contributed by atoms with E-state index >= 15 is 0 Å².